The van der Waals surface area contributed by atoms with Crippen LogP contribution in [0.15, 0.2) is 24.3 Å². The van der Waals surface area contributed by atoms with E-state index in [4.69, 9.17) is 22.4 Å². The molecular weight excluding hydrogens is 202 g/mol. The van der Waals surface area contributed by atoms with Crippen molar-refractivity contribution >= 4 is 17.6 Å². The lowest BCUT2D eigenvalue weighted by molar-refractivity contribution is -0.142. The van der Waals surface area contributed by atoms with Crippen molar-refractivity contribution in [2.24, 2.45) is 5.73 Å². The van der Waals surface area contributed by atoms with Gasteiger partial charge in [0.05, 0.1) is 0 Å². The normalized spacial score (nSPS) is 14.8. The Hall–Kier alpha value is -1.06. The van der Waals surface area contributed by atoms with Gasteiger partial charge in [0.25, 0.3) is 0 Å². The van der Waals surface area contributed by atoms with Crippen LogP contribution in [0.1, 0.15) is 12.5 Å². The molecule has 0 radical (unpaired) electrons. The molecule has 0 saturated carbocycles. The average molecular weight is 214 g/mol. The highest BCUT2D eigenvalue weighted by molar-refractivity contribution is 6.31. The number of rotatable bonds is 3. The Bertz CT molecular complexity index is 350. The van der Waals surface area contributed by atoms with Crippen LogP contribution in [0.3, 0.4) is 0 Å². The third-order valence-electron chi connectivity index (χ3n) is 2.00. The second-order valence-electron chi connectivity index (χ2n) is 3.49. The molecule has 3 nitrogen and oxygen atoms in total. The third kappa shape index (κ3) is 2.47. The number of benzene rings is 1. The van der Waals surface area contributed by atoms with Gasteiger partial charge in [-0.3, -0.25) is 4.79 Å². The van der Waals surface area contributed by atoms with Gasteiger partial charge < -0.3 is 10.8 Å². The van der Waals surface area contributed by atoms with Crippen molar-refractivity contribution in [1.29, 1.82) is 0 Å². The van der Waals surface area contributed by atoms with Crippen molar-refractivity contribution in [2.45, 2.75) is 18.9 Å². The van der Waals surface area contributed by atoms with Crippen LogP contribution >= 0.6 is 11.6 Å². The summed E-state index contributed by atoms with van der Waals surface area (Å²) in [6.45, 7) is 1.47. The summed E-state index contributed by atoms with van der Waals surface area (Å²) in [5.74, 6) is -1.03. The molecule has 76 valence electrons. The minimum atomic E-state index is -1.27. The summed E-state index contributed by atoms with van der Waals surface area (Å²) in [6, 6.07) is 7.09. The summed E-state index contributed by atoms with van der Waals surface area (Å²) in [5.41, 5.74) is 5.08. The fourth-order valence-corrected chi connectivity index (χ4v) is 1.32. The van der Waals surface area contributed by atoms with Crippen molar-refractivity contribution in [3.05, 3.63) is 34.9 Å². The molecule has 0 aliphatic rings. The predicted octanol–water partition coefficient (Wildman–Crippen LogP) is 1.68. The standard InChI is InChI=1S/C10H12ClNO2/c1-10(12,9(13)14)6-7-4-2-3-5-8(7)11/h2-5H,6,12H2,1H3,(H,13,14)/t10-/m1/s1. The first-order chi connectivity index (χ1) is 6.43. The van der Waals surface area contributed by atoms with Crippen molar-refractivity contribution < 1.29 is 9.90 Å². The van der Waals surface area contributed by atoms with Gasteiger partial charge in [0.1, 0.15) is 5.54 Å². The first kappa shape index (κ1) is 11.0. The van der Waals surface area contributed by atoms with Crippen LogP contribution in [-0.4, -0.2) is 16.6 Å². The van der Waals surface area contributed by atoms with Crippen molar-refractivity contribution in [1.82, 2.24) is 0 Å². The molecule has 3 N–H and O–H groups in total. The van der Waals surface area contributed by atoms with Gasteiger partial charge in [0, 0.05) is 11.4 Å². The number of carboxylic acids is 1. The zero-order chi connectivity index (χ0) is 10.8. The van der Waals surface area contributed by atoms with Crippen LogP contribution in [0, 0.1) is 0 Å². The Balaban J connectivity index is 2.89. The Labute approximate surface area is 87.5 Å². The van der Waals surface area contributed by atoms with E-state index in [0.717, 1.165) is 5.56 Å². The summed E-state index contributed by atoms with van der Waals surface area (Å²) < 4.78 is 0. The minimum absolute atomic E-state index is 0.224. The molecule has 0 heterocycles. The molecule has 0 fully saturated rings. The number of halogens is 1. The molecule has 0 bridgehead atoms. The SMILES string of the molecule is C[C@@](N)(Cc1ccccc1Cl)C(=O)O. The van der Waals surface area contributed by atoms with Gasteiger partial charge in [-0.1, -0.05) is 29.8 Å². The maximum atomic E-state index is 10.8. The minimum Gasteiger partial charge on any atom is -0.480 e. The summed E-state index contributed by atoms with van der Waals surface area (Å²) in [5, 5.41) is 9.37. The Morgan fingerprint density at radius 2 is 2.14 bits per heavy atom. The molecule has 1 rings (SSSR count). The highest BCUT2D eigenvalue weighted by Crippen LogP contribution is 2.19. The van der Waals surface area contributed by atoms with E-state index < -0.39 is 11.5 Å². The highest BCUT2D eigenvalue weighted by Gasteiger charge is 2.28. The van der Waals surface area contributed by atoms with Gasteiger partial charge >= 0.3 is 5.97 Å². The second-order valence-corrected chi connectivity index (χ2v) is 3.90. The molecule has 0 amide bonds. The Kier molecular flexibility index (Phi) is 3.13. The highest BCUT2D eigenvalue weighted by atomic mass is 35.5. The molecule has 0 saturated heterocycles. The van der Waals surface area contributed by atoms with Crippen molar-refractivity contribution in [2.75, 3.05) is 0 Å². The van der Waals surface area contributed by atoms with Gasteiger partial charge in [0.2, 0.25) is 0 Å². The summed E-state index contributed by atoms with van der Waals surface area (Å²) in [4.78, 5) is 10.8. The van der Waals surface area contributed by atoms with Crippen LogP contribution in [0.5, 0.6) is 0 Å². The van der Waals surface area contributed by atoms with Gasteiger partial charge in [0.15, 0.2) is 0 Å². The Morgan fingerprint density at radius 1 is 1.57 bits per heavy atom. The molecular formula is C10H12ClNO2. The predicted molar refractivity (Wildman–Crippen MR) is 55.4 cm³/mol. The fourth-order valence-electron chi connectivity index (χ4n) is 1.11. The van der Waals surface area contributed by atoms with E-state index in [2.05, 4.69) is 0 Å². The van der Waals surface area contributed by atoms with Gasteiger partial charge in [-0.25, -0.2) is 0 Å². The van der Waals surface area contributed by atoms with E-state index in [9.17, 15) is 4.79 Å². The van der Waals surface area contributed by atoms with Crippen LogP contribution in [-0.2, 0) is 11.2 Å². The van der Waals surface area contributed by atoms with Crippen molar-refractivity contribution in [3.63, 3.8) is 0 Å². The number of carboxylic acid groups (broad SMARTS) is 1. The van der Waals surface area contributed by atoms with E-state index in [1.54, 1.807) is 24.3 Å². The topological polar surface area (TPSA) is 63.3 Å². The van der Waals surface area contributed by atoms with Crippen LogP contribution in [0.25, 0.3) is 0 Å². The van der Waals surface area contributed by atoms with E-state index >= 15 is 0 Å². The summed E-state index contributed by atoms with van der Waals surface area (Å²) >= 11 is 5.89. The quantitative estimate of drug-likeness (QED) is 0.803. The lowest BCUT2D eigenvalue weighted by Gasteiger charge is -2.19. The first-order valence-corrected chi connectivity index (χ1v) is 4.57. The van der Waals surface area contributed by atoms with Crippen LogP contribution in [0.2, 0.25) is 5.02 Å². The molecule has 0 aromatic heterocycles. The number of carbonyl (C=O) groups is 1. The average Bonchev–Trinajstić information content (AvgIpc) is 2.08. The number of nitrogens with two attached hydrogens (primary N) is 1. The lowest BCUT2D eigenvalue weighted by atomic mass is 9.94. The monoisotopic (exact) mass is 213 g/mol. The molecule has 0 spiro atoms. The van der Waals surface area contributed by atoms with E-state index in [1.165, 1.54) is 6.92 Å². The van der Waals surface area contributed by atoms with Crippen LogP contribution in [0.4, 0.5) is 0 Å². The second kappa shape index (κ2) is 3.98. The first-order valence-electron chi connectivity index (χ1n) is 4.19. The summed E-state index contributed by atoms with van der Waals surface area (Å²) in [7, 11) is 0. The zero-order valence-electron chi connectivity index (χ0n) is 7.83. The maximum Gasteiger partial charge on any atom is 0.323 e. The molecule has 1 aromatic rings. The molecule has 14 heavy (non-hydrogen) atoms. The molecule has 1 atom stereocenters. The largest absolute Gasteiger partial charge is 0.480 e. The van der Waals surface area contributed by atoms with Gasteiger partial charge in [-0.2, -0.15) is 0 Å². The summed E-state index contributed by atoms with van der Waals surface area (Å²) in [6.07, 6.45) is 0.224. The number of aliphatic carboxylic acids is 1. The molecule has 0 aliphatic carbocycles. The number of hydrogen-bond donors (Lipinski definition) is 2. The smallest absolute Gasteiger partial charge is 0.323 e. The third-order valence-corrected chi connectivity index (χ3v) is 2.37. The Morgan fingerprint density at radius 3 is 2.64 bits per heavy atom. The van der Waals surface area contributed by atoms with Gasteiger partial charge in [-0.15, -0.1) is 0 Å². The van der Waals surface area contributed by atoms with Gasteiger partial charge in [-0.05, 0) is 18.6 Å². The lowest BCUT2D eigenvalue weighted by Crippen LogP contribution is -2.46. The van der Waals surface area contributed by atoms with E-state index in [0.29, 0.717) is 5.02 Å². The van der Waals surface area contributed by atoms with E-state index in [1.807, 2.05) is 0 Å². The fraction of sp³-hybridized carbons (Fsp3) is 0.300. The van der Waals surface area contributed by atoms with E-state index in [-0.39, 0.29) is 6.42 Å². The van der Waals surface area contributed by atoms with Crippen molar-refractivity contribution in [3.8, 4) is 0 Å². The maximum absolute atomic E-state index is 10.8. The molecule has 0 aliphatic heterocycles. The number of hydrogen-bond acceptors (Lipinski definition) is 2. The van der Waals surface area contributed by atoms with Crippen LogP contribution < -0.4 is 5.73 Å². The molecule has 1 aromatic carbocycles. The molecule has 4 heteroatoms. The molecule has 0 unspecified atom stereocenters. The zero-order valence-corrected chi connectivity index (χ0v) is 8.58.